The van der Waals surface area contributed by atoms with Crippen LogP contribution in [0, 0.1) is 5.92 Å². The second kappa shape index (κ2) is 7.73. The maximum absolute atomic E-state index is 11.9. The molecule has 0 saturated heterocycles. The Morgan fingerprint density at radius 3 is 2.50 bits per heavy atom. The molecule has 3 rings (SSSR count). The van der Waals surface area contributed by atoms with E-state index < -0.39 is 0 Å². The van der Waals surface area contributed by atoms with Gasteiger partial charge < -0.3 is 16.2 Å². The molecule has 130 valence electrons. The van der Waals surface area contributed by atoms with Crippen LogP contribution in [0.25, 0.3) is 0 Å². The number of para-hydroxylation sites is 1. The van der Waals surface area contributed by atoms with Gasteiger partial charge in [0.2, 0.25) is 5.91 Å². The van der Waals surface area contributed by atoms with Crippen molar-refractivity contribution in [2.24, 2.45) is 5.92 Å². The molecule has 3 N–H and O–H groups in total. The van der Waals surface area contributed by atoms with Crippen molar-refractivity contribution < 1.29 is 4.79 Å². The second-order valence-electron chi connectivity index (χ2n) is 7.16. The Bertz CT molecular complexity index is 576. The summed E-state index contributed by atoms with van der Waals surface area (Å²) in [4.78, 5) is 11.9. The van der Waals surface area contributed by atoms with E-state index in [2.05, 4.69) is 34.4 Å². The van der Waals surface area contributed by atoms with Crippen LogP contribution < -0.4 is 16.2 Å². The summed E-state index contributed by atoms with van der Waals surface area (Å²) < 4.78 is 0. The van der Waals surface area contributed by atoms with Gasteiger partial charge in [0.25, 0.3) is 0 Å². The summed E-state index contributed by atoms with van der Waals surface area (Å²) in [6.45, 7) is 1.65. The molecule has 2 aliphatic carbocycles. The zero-order chi connectivity index (χ0) is 16.8. The molecule has 1 aromatic carbocycles. The first-order chi connectivity index (χ1) is 11.7. The largest absolute Gasteiger partial charge is 0.350 e. The number of allylic oxidation sites excluding steroid dienone is 1. The highest BCUT2D eigenvalue weighted by Gasteiger charge is 2.42. The SMILES string of the molecule is CC(=O)NC1([C@H]2CCCC=C2NNc2ccccc2)CCCCC1. The molecule has 0 heterocycles. The molecule has 24 heavy (non-hydrogen) atoms. The smallest absolute Gasteiger partial charge is 0.217 e. The summed E-state index contributed by atoms with van der Waals surface area (Å²) in [6, 6.07) is 10.2. The average molecular weight is 327 g/mol. The van der Waals surface area contributed by atoms with E-state index in [1.807, 2.05) is 18.2 Å². The van der Waals surface area contributed by atoms with E-state index in [4.69, 9.17) is 0 Å². The summed E-state index contributed by atoms with van der Waals surface area (Å²) in [6.07, 6.45) is 11.6. The highest BCUT2D eigenvalue weighted by Crippen LogP contribution is 2.41. The van der Waals surface area contributed by atoms with Crippen molar-refractivity contribution in [3.8, 4) is 0 Å². The van der Waals surface area contributed by atoms with Gasteiger partial charge in [-0.1, -0.05) is 43.5 Å². The molecule has 0 radical (unpaired) electrons. The highest BCUT2D eigenvalue weighted by atomic mass is 16.1. The van der Waals surface area contributed by atoms with Crippen LogP contribution in [0.3, 0.4) is 0 Å². The van der Waals surface area contributed by atoms with Crippen molar-refractivity contribution in [1.29, 1.82) is 0 Å². The first-order valence-electron chi connectivity index (χ1n) is 9.25. The summed E-state index contributed by atoms with van der Waals surface area (Å²) in [5.41, 5.74) is 8.98. The first-order valence-corrected chi connectivity index (χ1v) is 9.25. The zero-order valence-electron chi connectivity index (χ0n) is 14.6. The molecule has 0 aliphatic heterocycles. The second-order valence-corrected chi connectivity index (χ2v) is 7.16. The Hall–Kier alpha value is -1.97. The molecule has 1 atom stereocenters. The predicted octanol–water partition coefficient (Wildman–Crippen LogP) is 4.13. The van der Waals surface area contributed by atoms with Crippen molar-refractivity contribution in [2.45, 2.75) is 63.8 Å². The van der Waals surface area contributed by atoms with Gasteiger partial charge in [-0.15, -0.1) is 0 Å². The molecule has 4 nitrogen and oxygen atoms in total. The number of carbonyl (C=O) groups is 1. The van der Waals surface area contributed by atoms with E-state index >= 15 is 0 Å². The molecule has 0 bridgehead atoms. The van der Waals surface area contributed by atoms with E-state index in [1.165, 1.54) is 31.4 Å². The lowest BCUT2D eigenvalue weighted by molar-refractivity contribution is -0.122. The number of hydrogen-bond acceptors (Lipinski definition) is 3. The lowest BCUT2D eigenvalue weighted by Gasteiger charge is -2.46. The minimum absolute atomic E-state index is 0.0816. The van der Waals surface area contributed by atoms with Crippen LogP contribution in [0.15, 0.2) is 42.1 Å². The summed E-state index contributed by atoms with van der Waals surface area (Å²) in [5.74, 6) is 0.463. The van der Waals surface area contributed by atoms with Gasteiger partial charge in [0, 0.05) is 24.1 Å². The lowest BCUT2D eigenvalue weighted by Crippen LogP contribution is -2.56. The van der Waals surface area contributed by atoms with E-state index in [0.717, 1.165) is 31.4 Å². The van der Waals surface area contributed by atoms with E-state index in [0.29, 0.717) is 5.92 Å². The van der Waals surface area contributed by atoms with Crippen LogP contribution in [-0.4, -0.2) is 11.4 Å². The fourth-order valence-electron chi connectivity index (χ4n) is 4.35. The predicted molar refractivity (Wildman–Crippen MR) is 98.3 cm³/mol. The Kier molecular flexibility index (Phi) is 5.44. The van der Waals surface area contributed by atoms with Gasteiger partial charge in [-0.2, -0.15) is 0 Å². The van der Waals surface area contributed by atoms with Gasteiger partial charge in [0.05, 0.1) is 5.69 Å². The number of rotatable bonds is 5. The van der Waals surface area contributed by atoms with Crippen molar-refractivity contribution in [3.05, 3.63) is 42.1 Å². The number of hydrogen-bond donors (Lipinski definition) is 3. The van der Waals surface area contributed by atoms with Gasteiger partial charge in [-0.25, -0.2) is 0 Å². The van der Waals surface area contributed by atoms with Crippen LogP contribution in [0.1, 0.15) is 58.3 Å². The third kappa shape index (κ3) is 3.92. The molecule has 1 aromatic rings. The summed E-state index contributed by atoms with van der Waals surface area (Å²) in [5, 5.41) is 3.35. The van der Waals surface area contributed by atoms with Crippen LogP contribution in [-0.2, 0) is 4.79 Å². The van der Waals surface area contributed by atoms with E-state index in [1.54, 1.807) is 6.92 Å². The molecule has 1 fully saturated rings. The molecular weight excluding hydrogens is 298 g/mol. The standard InChI is InChI=1S/C20H29N3O/c1-16(24)21-20(14-8-3-9-15-20)18-12-6-7-13-19(18)23-22-17-10-4-2-5-11-17/h2,4-5,10-11,13,18,22-23H,3,6-9,12,14-15H2,1H3,(H,21,24)/t18-/m0/s1. The zero-order valence-corrected chi connectivity index (χ0v) is 14.6. The van der Waals surface area contributed by atoms with Crippen LogP contribution in [0.4, 0.5) is 5.69 Å². The first kappa shape index (κ1) is 16.9. The highest BCUT2D eigenvalue weighted by molar-refractivity contribution is 5.74. The molecule has 2 aliphatic rings. The monoisotopic (exact) mass is 327 g/mol. The van der Waals surface area contributed by atoms with Gasteiger partial charge in [0.15, 0.2) is 0 Å². The minimum atomic E-state index is -0.0816. The van der Waals surface area contributed by atoms with Crippen molar-refractivity contribution in [1.82, 2.24) is 10.7 Å². The maximum atomic E-state index is 11.9. The molecule has 0 unspecified atom stereocenters. The van der Waals surface area contributed by atoms with Crippen LogP contribution in [0.5, 0.6) is 0 Å². The molecular formula is C20H29N3O. The fourth-order valence-corrected chi connectivity index (χ4v) is 4.35. The van der Waals surface area contributed by atoms with Crippen molar-refractivity contribution >= 4 is 11.6 Å². The Morgan fingerprint density at radius 1 is 1.04 bits per heavy atom. The Labute approximate surface area is 145 Å². The minimum Gasteiger partial charge on any atom is -0.350 e. The Balaban J connectivity index is 1.76. The number of anilines is 1. The Morgan fingerprint density at radius 2 is 1.79 bits per heavy atom. The average Bonchev–Trinajstić information content (AvgIpc) is 2.61. The van der Waals surface area contributed by atoms with Crippen molar-refractivity contribution in [2.75, 3.05) is 5.43 Å². The third-order valence-electron chi connectivity index (χ3n) is 5.40. The van der Waals surface area contributed by atoms with Gasteiger partial charge in [-0.3, -0.25) is 4.79 Å². The third-order valence-corrected chi connectivity index (χ3v) is 5.40. The van der Waals surface area contributed by atoms with Crippen LogP contribution in [0.2, 0.25) is 0 Å². The molecule has 0 aromatic heterocycles. The van der Waals surface area contributed by atoms with Gasteiger partial charge >= 0.3 is 0 Å². The maximum Gasteiger partial charge on any atom is 0.217 e. The number of benzene rings is 1. The van der Waals surface area contributed by atoms with E-state index in [9.17, 15) is 4.79 Å². The van der Waals surface area contributed by atoms with Crippen LogP contribution >= 0.6 is 0 Å². The summed E-state index contributed by atoms with van der Waals surface area (Å²) >= 11 is 0. The van der Waals surface area contributed by atoms with Crippen molar-refractivity contribution in [3.63, 3.8) is 0 Å². The number of hydrazine groups is 1. The van der Waals surface area contributed by atoms with Gasteiger partial charge in [-0.05, 0) is 44.2 Å². The topological polar surface area (TPSA) is 53.2 Å². The summed E-state index contributed by atoms with van der Waals surface area (Å²) in [7, 11) is 0. The van der Waals surface area contributed by atoms with E-state index in [-0.39, 0.29) is 11.4 Å². The fraction of sp³-hybridized carbons (Fsp3) is 0.550. The molecule has 1 amide bonds. The molecule has 4 heteroatoms. The normalized spacial score (nSPS) is 23.0. The lowest BCUT2D eigenvalue weighted by atomic mass is 9.68. The quantitative estimate of drug-likeness (QED) is 0.713. The molecule has 1 saturated carbocycles. The van der Waals surface area contributed by atoms with Gasteiger partial charge in [0.1, 0.15) is 0 Å². The number of amides is 1. The number of carbonyl (C=O) groups excluding carboxylic acids is 1. The molecule has 0 spiro atoms. The number of nitrogens with one attached hydrogen (secondary N) is 3.